The molecule has 2 N–H and O–H groups in total. The van der Waals surface area contributed by atoms with Crippen LogP contribution in [0.1, 0.15) is 6.92 Å². The van der Waals surface area contributed by atoms with Crippen molar-refractivity contribution >= 4 is 35.0 Å². The number of carbonyl (C=O) groups excluding carboxylic acids is 1. The molecule has 1 atom stereocenters. The summed E-state index contributed by atoms with van der Waals surface area (Å²) in [6.45, 7) is 4.47. The van der Waals surface area contributed by atoms with Crippen LogP contribution in [0.25, 0.3) is 0 Å². The van der Waals surface area contributed by atoms with Gasteiger partial charge >= 0.3 is 0 Å². The van der Waals surface area contributed by atoms with Crippen molar-refractivity contribution < 1.29 is 9.53 Å². The van der Waals surface area contributed by atoms with E-state index >= 15 is 0 Å². The van der Waals surface area contributed by atoms with Gasteiger partial charge in [0.2, 0.25) is 5.91 Å². The smallest absolute Gasteiger partial charge is 0.235 e. The molecule has 1 aliphatic rings. The molecule has 1 unspecified atom stereocenters. The lowest BCUT2D eigenvalue weighted by Gasteiger charge is -2.29. The highest BCUT2D eigenvalue weighted by Gasteiger charge is 2.23. The summed E-state index contributed by atoms with van der Waals surface area (Å²) < 4.78 is 5.24. The highest BCUT2D eigenvalue weighted by molar-refractivity contribution is 8.00. The molecule has 6 heteroatoms. The van der Waals surface area contributed by atoms with Gasteiger partial charge in [-0.1, -0.05) is 11.6 Å². The third kappa shape index (κ3) is 3.78. The molecule has 1 aromatic rings. The Labute approximate surface area is 122 Å². The fourth-order valence-electron chi connectivity index (χ4n) is 1.91. The zero-order chi connectivity index (χ0) is 13.8. The molecular formula is C13H17ClN2O2S. The second-order valence-electron chi connectivity index (χ2n) is 4.38. The molecule has 1 amide bonds. The summed E-state index contributed by atoms with van der Waals surface area (Å²) in [6, 6.07) is 5.34. The van der Waals surface area contributed by atoms with Gasteiger partial charge < -0.3 is 15.4 Å². The number of hydrogen-bond donors (Lipinski definition) is 1. The predicted octanol–water partition coefficient (Wildman–Crippen LogP) is 2.26. The van der Waals surface area contributed by atoms with E-state index in [9.17, 15) is 4.79 Å². The molecule has 1 aliphatic heterocycles. The Morgan fingerprint density at radius 2 is 2.16 bits per heavy atom. The summed E-state index contributed by atoms with van der Waals surface area (Å²) in [4.78, 5) is 15.0. The van der Waals surface area contributed by atoms with Crippen LogP contribution in [-0.2, 0) is 9.53 Å². The molecule has 0 bridgehead atoms. The number of benzene rings is 1. The van der Waals surface area contributed by atoms with E-state index < -0.39 is 0 Å². The number of thioether (sulfide) groups is 1. The van der Waals surface area contributed by atoms with Crippen molar-refractivity contribution in [2.24, 2.45) is 0 Å². The van der Waals surface area contributed by atoms with Gasteiger partial charge in [-0.3, -0.25) is 4.79 Å². The lowest BCUT2D eigenvalue weighted by Crippen LogP contribution is -2.44. The molecule has 0 aliphatic carbocycles. The van der Waals surface area contributed by atoms with Gasteiger partial charge in [0, 0.05) is 28.7 Å². The average Bonchev–Trinajstić information content (AvgIpc) is 2.42. The number of morpholine rings is 1. The molecule has 2 rings (SSSR count). The van der Waals surface area contributed by atoms with Crippen molar-refractivity contribution in [3.8, 4) is 0 Å². The zero-order valence-electron chi connectivity index (χ0n) is 10.8. The second kappa shape index (κ2) is 6.50. The number of rotatable bonds is 3. The van der Waals surface area contributed by atoms with Crippen LogP contribution in [0.2, 0.25) is 5.02 Å². The normalized spacial score (nSPS) is 17.3. The Kier molecular flexibility index (Phi) is 4.96. The summed E-state index contributed by atoms with van der Waals surface area (Å²) in [7, 11) is 0. The first-order chi connectivity index (χ1) is 9.08. The van der Waals surface area contributed by atoms with Crippen molar-refractivity contribution in [3.05, 3.63) is 23.2 Å². The molecule has 1 aromatic carbocycles. The number of ether oxygens (including phenoxy) is 1. The standard InChI is InChI=1S/C13H17ClN2O2S/c1-9(13(17)16-4-6-18-7-5-16)19-12-3-2-10(14)8-11(12)15/h2-3,8-9H,4-7,15H2,1H3. The Hall–Kier alpha value is -0.910. The number of nitrogen functional groups attached to an aromatic ring is 1. The quantitative estimate of drug-likeness (QED) is 0.687. The van der Waals surface area contributed by atoms with E-state index in [1.807, 2.05) is 17.9 Å². The van der Waals surface area contributed by atoms with Gasteiger partial charge in [-0.05, 0) is 25.1 Å². The van der Waals surface area contributed by atoms with Crippen molar-refractivity contribution in [2.45, 2.75) is 17.1 Å². The number of carbonyl (C=O) groups is 1. The van der Waals surface area contributed by atoms with Crippen LogP contribution in [-0.4, -0.2) is 42.4 Å². The number of hydrogen-bond acceptors (Lipinski definition) is 4. The summed E-state index contributed by atoms with van der Waals surface area (Å²) in [6.07, 6.45) is 0. The van der Waals surface area contributed by atoms with E-state index in [-0.39, 0.29) is 11.2 Å². The van der Waals surface area contributed by atoms with Gasteiger partial charge in [0.05, 0.1) is 18.5 Å². The van der Waals surface area contributed by atoms with E-state index in [2.05, 4.69) is 0 Å². The molecule has 0 aromatic heterocycles. The maximum Gasteiger partial charge on any atom is 0.235 e. The van der Waals surface area contributed by atoms with Gasteiger partial charge in [-0.15, -0.1) is 11.8 Å². The molecular weight excluding hydrogens is 284 g/mol. The Morgan fingerprint density at radius 1 is 1.47 bits per heavy atom. The van der Waals surface area contributed by atoms with Gasteiger partial charge in [0.15, 0.2) is 0 Å². The van der Waals surface area contributed by atoms with Crippen molar-refractivity contribution in [1.82, 2.24) is 4.90 Å². The highest BCUT2D eigenvalue weighted by Crippen LogP contribution is 2.31. The van der Waals surface area contributed by atoms with Crippen LogP contribution < -0.4 is 5.73 Å². The lowest BCUT2D eigenvalue weighted by atomic mass is 10.3. The summed E-state index contributed by atoms with van der Waals surface area (Å²) in [5.74, 6) is 0.127. The fourth-order valence-corrected chi connectivity index (χ4v) is 3.06. The molecule has 4 nitrogen and oxygen atoms in total. The van der Waals surface area contributed by atoms with Gasteiger partial charge in [-0.2, -0.15) is 0 Å². The monoisotopic (exact) mass is 300 g/mol. The molecule has 19 heavy (non-hydrogen) atoms. The second-order valence-corrected chi connectivity index (χ2v) is 6.20. The average molecular weight is 301 g/mol. The molecule has 104 valence electrons. The summed E-state index contributed by atoms with van der Waals surface area (Å²) in [5.41, 5.74) is 6.51. The van der Waals surface area contributed by atoms with E-state index in [0.29, 0.717) is 37.0 Å². The number of anilines is 1. The Bertz CT molecular complexity index is 464. The number of amides is 1. The van der Waals surface area contributed by atoms with Crippen LogP contribution in [0.15, 0.2) is 23.1 Å². The van der Waals surface area contributed by atoms with E-state index in [1.165, 1.54) is 11.8 Å². The molecule has 1 fully saturated rings. The van der Waals surface area contributed by atoms with Crippen molar-refractivity contribution in [3.63, 3.8) is 0 Å². The zero-order valence-corrected chi connectivity index (χ0v) is 12.3. The highest BCUT2D eigenvalue weighted by atomic mass is 35.5. The third-order valence-electron chi connectivity index (χ3n) is 2.95. The van der Waals surface area contributed by atoms with E-state index in [1.54, 1.807) is 12.1 Å². The van der Waals surface area contributed by atoms with Crippen molar-refractivity contribution in [2.75, 3.05) is 32.0 Å². The predicted molar refractivity (Wildman–Crippen MR) is 78.6 cm³/mol. The van der Waals surface area contributed by atoms with Gasteiger partial charge in [-0.25, -0.2) is 0 Å². The molecule has 1 saturated heterocycles. The molecule has 0 saturated carbocycles. The van der Waals surface area contributed by atoms with E-state index in [4.69, 9.17) is 22.1 Å². The van der Waals surface area contributed by atoms with Crippen LogP contribution in [0, 0.1) is 0 Å². The Morgan fingerprint density at radius 3 is 2.79 bits per heavy atom. The van der Waals surface area contributed by atoms with Gasteiger partial charge in [0.1, 0.15) is 0 Å². The number of halogens is 1. The topological polar surface area (TPSA) is 55.6 Å². The van der Waals surface area contributed by atoms with Crippen LogP contribution >= 0.6 is 23.4 Å². The van der Waals surface area contributed by atoms with Gasteiger partial charge in [0.25, 0.3) is 0 Å². The minimum Gasteiger partial charge on any atom is -0.398 e. The number of nitrogens with zero attached hydrogens (tertiary/aromatic N) is 1. The van der Waals surface area contributed by atoms with E-state index in [0.717, 1.165) is 4.90 Å². The SMILES string of the molecule is CC(Sc1ccc(Cl)cc1N)C(=O)N1CCOCC1. The first-order valence-corrected chi connectivity index (χ1v) is 7.42. The maximum atomic E-state index is 12.3. The minimum atomic E-state index is -0.165. The third-order valence-corrected chi connectivity index (χ3v) is 4.36. The van der Waals surface area contributed by atoms with Crippen LogP contribution in [0.4, 0.5) is 5.69 Å². The maximum absolute atomic E-state index is 12.3. The largest absolute Gasteiger partial charge is 0.398 e. The Balaban J connectivity index is 1.99. The minimum absolute atomic E-state index is 0.127. The fraction of sp³-hybridized carbons (Fsp3) is 0.462. The van der Waals surface area contributed by atoms with Crippen molar-refractivity contribution in [1.29, 1.82) is 0 Å². The summed E-state index contributed by atoms with van der Waals surface area (Å²) in [5, 5.41) is 0.440. The first kappa shape index (κ1) is 14.5. The molecule has 1 heterocycles. The number of nitrogens with two attached hydrogens (primary N) is 1. The first-order valence-electron chi connectivity index (χ1n) is 6.16. The van der Waals surface area contributed by atoms with Crippen LogP contribution in [0.3, 0.4) is 0 Å². The lowest BCUT2D eigenvalue weighted by molar-refractivity contribution is -0.134. The summed E-state index contributed by atoms with van der Waals surface area (Å²) >= 11 is 7.32. The molecule has 0 radical (unpaired) electrons. The molecule has 0 spiro atoms. The van der Waals surface area contributed by atoms with Crippen LogP contribution in [0.5, 0.6) is 0 Å².